The molecule has 2 rings (SSSR count). The Bertz CT molecular complexity index is 717. The van der Waals surface area contributed by atoms with Gasteiger partial charge >= 0.3 is 0 Å². The Morgan fingerprint density at radius 2 is 1.50 bits per heavy atom. The van der Waals surface area contributed by atoms with Crippen LogP contribution in [0.3, 0.4) is 0 Å². The van der Waals surface area contributed by atoms with Crippen LogP contribution in [-0.2, 0) is 0 Å². The monoisotopic (exact) mass is 311 g/mol. The van der Waals surface area contributed by atoms with Crippen LogP contribution in [0.2, 0.25) is 5.02 Å². The number of Topliss-reactive ketones (excluding diaryl/α,β-unsaturated/α-hetero) is 2. The number of benzene rings is 2. The lowest BCUT2D eigenvalue weighted by Gasteiger charge is -2.15. The number of nitriles is 1. The van der Waals surface area contributed by atoms with Gasteiger partial charge in [0.15, 0.2) is 11.6 Å². The van der Waals surface area contributed by atoms with E-state index in [-0.39, 0.29) is 11.6 Å². The average Bonchev–Trinajstić information content (AvgIpc) is 2.56. The first-order chi connectivity index (χ1) is 10.5. The second kappa shape index (κ2) is 7.02. The number of ketones is 2. The number of rotatable bonds is 5. The lowest BCUT2D eigenvalue weighted by molar-refractivity contribution is 0.0819. The molecular weight excluding hydrogens is 298 g/mol. The standard InChI is InChI=1S/C18H14ClNO2/c1-12(17(21)14-7-9-15(19)10-8-14)16(11-20)18(22)13-5-3-2-4-6-13/h2-10,12,16H,1H3. The van der Waals surface area contributed by atoms with Crippen LogP contribution in [0, 0.1) is 23.2 Å². The molecule has 0 radical (unpaired) electrons. The van der Waals surface area contributed by atoms with Crippen LogP contribution in [0.25, 0.3) is 0 Å². The quantitative estimate of drug-likeness (QED) is 0.778. The number of carbonyl (C=O) groups is 2. The first-order valence-corrected chi connectivity index (χ1v) is 7.21. The molecule has 2 unspecified atom stereocenters. The second-order valence-corrected chi connectivity index (χ2v) is 5.43. The van der Waals surface area contributed by atoms with Crippen LogP contribution in [0.1, 0.15) is 27.6 Å². The number of carbonyl (C=O) groups excluding carboxylic acids is 2. The highest BCUT2D eigenvalue weighted by Gasteiger charge is 2.31. The molecule has 0 heterocycles. The van der Waals surface area contributed by atoms with E-state index >= 15 is 0 Å². The minimum atomic E-state index is -1.01. The summed E-state index contributed by atoms with van der Waals surface area (Å²) in [4.78, 5) is 24.9. The van der Waals surface area contributed by atoms with Crippen LogP contribution >= 0.6 is 11.6 Å². The minimum Gasteiger partial charge on any atom is -0.294 e. The first-order valence-electron chi connectivity index (χ1n) is 6.83. The fraction of sp³-hybridized carbons (Fsp3) is 0.167. The molecule has 3 nitrogen and oxygen atoms in total. The van der Waals surface area contributed by atoms with Crippen LogP contribution in [0.5, 0.6) is 0 Å². The topological polar surface area (TPSA) is 57.9 Å². The summed E-state index contributed by atoms with van der Waals surface area (Å²) >= 11 is 5.80. The molecule has 4 heteroatoms. The fourth-order valence-corrected chi connectivity index (χ4v) is 2.33. The molecule has 0 fully saturated rings. The molecule has 110 valence electrons. The van der Waals surface area contributed by atoms with E-state index in [4.69, 9.17) is 11.6 Å². The van der Waals surface area contributed by atoms with Crippen molar-refractivity contribution >= 4 is 23.2 Å². The Labute approximate surface area is 134 Å². The second-order valence-electron chi connectivity index (χ2n) is 5.00. The van der Waals surface area contributed by atoms with Gasteiger partial charge in [-0.1, -0.05) is 48.9 Å². The third kappa shape index (κ3) is 3.41. The van der Waals surface area contributed by atoms with E-state index in [1.54, 1.807) is 61.5 Å². The van der Waals surface area contributed by atoms with Crippen molar-refractivity contribution in [2.24, 2.45) is 11.8 Å². The van der Waals surface area contributed by atoms with E-state index < -0.39 is 11.8 Å². The molecule has 0 saturated heterocycles. The maximum Gasteiger partial charge on any atom is 0.180 e. The Kier molecular flexibility index (Phi) is 5.08. The number of hydrogen-bond donors (Lipinski definition) is 0. The van der Waals surface area contributed by atoms with Crippen molar-refractivity contribution < 1.29 is 9.59 Å². The van der Waals surface area contributed by atoms with Crippen LogP contribution in [-0.4, -0.2) is 11.6 Å². The summed E-state index contributed by atoms with van der Waals surface area (Å²) in [6.45, 7) is 1.60. The van der Waals surface area contributed by atoms with E-state index in [9.17, 15) is 14.9 Å². The molecule has 0 saturated carbocycles. The highest BCUT2D eigenvalue weighted by molar-refractivity contribution is 6.30. The predicted molar refractivity (Wildman–Crippen MR) is 84.8 cm³/mol. The summed E-state index contributed by atoms with van der Waals surface area (Å²) in [5.41, 5.74) is 0.878. The zero-order valence-electron chi connectivity index (χ0n) is 12.0. The van der Waals surface area contributed by atoms with Gasteiger partial charge in [0, 0.05) is 22.1 Å². The Morgan fingerprint density at radius 3 is 2.05 bits per heavy atom. The largest absolute Gasteiger partial charge is 0.294 e. The van der Waals surface area contributed by atoms with Crippen LogP contribution < -0.4 is 0 Å². The van der Waals surface area contributed by atoms with E-state index in [0.29, 0.717) is 16.1 Å². The Hall–Kier alpha value is -2.44. The van der Waals surface area contributed by atoms with Gasteiger partial charge in [-0.3, -0.25) is 9.59 Å². The molecule has 2 atom stereocenters. The smallest absolute Gasteiger partial charge is 0.180 e. The van der Waals surface area contributed by atoms with Crippen LogP contribution in [0.15, 0.2) is 54.6 Å². The van der Waals surface area contributed by atoms with Gasteiger partial charge in [-0.2, -0.15) is 5.26 Å². The van der Waals surface area contributed by atoms with Crippen LogP contribution in [0.4, 0.5) is 0 Å². The molecule has 0 bridgehead atoms. The van der Waals surface area contributed by atoms with Gasteiger partial charge in [0.2, 0.25) is 0 Å². The number of nitrogens with zero attached hydrogens (tertiary/aromatic N) is 1. The van der Waals surface area contributed by atoms with Crippen molar-refractivity contribution in [2.45, 2.75) is 6.92 Å². The van der Waals surface area contributed by atoms with E-state index in [1.807, 2.05) is 6.07 Å². The average molecular weight is 312 g/mol. The summed E-state index contributed by atoms with van der Waals surface area (Å²) in [6, 6.07) is 16.9. The molecule has 0 spiro atoms. The molecule has 2 aromatic carbocycles. The maximum absolute atomic E-state index is 12.4. The molecule has 0 amide bonds. The van der Waals surface area contributed by atoms with Crippen molar-refractivity contribution in [1.29, 1.82) is 5.26 Å². The van der Waals surface area contributed by atoms with Crippen molar-refractivity contribution in [3.8, 4) is 6.07 Å². The third-order valence-corrected chi connectivity index (χ3v) is 3.77. The lowest BCUT2D eigenvalue weighted by Crippen LogP contribution is -2.27. The molecule has 0 aliphatic rings. The van der Waals surface area contributed by atoms with E-state index in [0.717, 1.165) is 0 Å². The van der Waals surface area contributed by atoms with Gasteiger partial charge in [0.1, 0.15) is 5.92 Å². The first kappa shape index (κ1) is 15.9. The molecule has 0 aliphatic carbocycles. The molecule has 0 aliphatic heterocycles. The van der Waals surface area contributed by atoms with E-state index in [1.165, 1.54) is 0 Å². The summed E-state index contributed by atoms with van der Waals surface area (Å²) in [5, 5.41) is 9.85. The summed E-state index contributed by atoms with van der Waals surface area (Å²) in [7, 11) is 0. The summed E-state index contributed by atoms with van der Waals surface area (Å²) in [5.74, 6) is -2.31. The van der Waals surface area contributed by atoms with Gasteiger partial charge < -0.3 is 0 Å². The Balaban J connectivity index is 2.24. The van der Waals surface area contributed by atoms with Gasteiger partial charge in [-0.05, 0) is 24.3 Å². The van der Waals surface area contributed by atoms with Gasteiger partial charge in [-0.25, -0.2) is 0 Å². The zero-order chi connectivity index (χ0) is 16.1. The summed E-state index contributed by atoms with van der Waals surface area (Å²) < 4.78 is 0. The Morgan fingerprint density at radius 1 is 0.955 bits per heavy atom. The SMILES string of the molecule is CC(C(=O)c1ccc(Cl)cc1)C(C#N)C(=O)c1ccccc1. The minimum absolute atomic E-state index is 0.243. The molecule has 22 heavy (non-hydrogen) atoms. The maximum atomic E-state index is 12.4. The highest BCUT2D eigenvalue weighted by Crippen LogP contribution is 2.22. The summed E-state index contributed by atoms with van der Waals surface area (Å²) in [6.07, 6.45) is 0. The highest BCUT2D eigenvalue weighted by atomic mass is 35.5. The molecular formula is C18H14ClNO2. The molecule has 2 aromatic rings. The third-order valence-electron chi connectivity index (χ3n) is 3.52. The predicted octanol–water partition coefficient (Wildman–Crippen LogP) is 4.18. The van der Waals surface area contributed by atoms with Crippen molar-refractivity contribution in [3.63, 3.8) is 0 Å². The van der Waals surface area contributed by atoms with E-state index in [2.05, 4.69) is 0 Å². The van der Waals surface area contributed by atoms with Gasteiger partial charge in [-0.15, -0.1) is 0 Å². The number of hydrogen-bond acceptors (Lipinski definition) is 3. The van der Waals surface area contributed by atoms with Crippen molar-refractivity contribution in [3.05, 3.63) is 70.7 Å². The van der Waals surface area contributed by atoms with Crippen molar-refractivity contribution in [1.82, 2.24) is 0 Å². The van der Waals surface area contributed by atoms with Crippen molar-refractivity contribution in [2.75, 3.05) is 0 Å². The zero-order valence-corrected chi connectivity index (χ0v) is 12.7. The van der Waals surface area contributed by atoms with Gasteiger partial charge in [0.25, 0.3) is 0 Å². The fourth-order valence-electron chi connectivity index (χ4n) is 2.21. The normalized spacial score (nSPS) is 13.0. The molecule has 0 N–H and O–H groups in total. The van der Waals surface area contributed by atoms with Gasteiger partial charge in [0.05, 0.1) is 6.07 Å². The number of halogens is 1. The lowest BCUT2D eigenvalue weighted by atomic mass is 9.83. The molecule has 0 aromatic heterocycles.